The van der Waals surface area contributed by atoms with E-state index in [9.17, 15) is 14.4 Å². The molecule has 0 bridgehead atoms. The van der Waals surface area contributed by atoms with Crippen LogP contribution in [0.1, 0.15) is 33.2 Å². The summed E-state index contributed by atoms with van der Waals surface area (Å²) in [4.78, 5) is 38.0. The molecule has 0 aliphatic rings. The summed E-state index contributed by atoms with van der Waals surface area (Å²) in [6, 6.07) is -1.14. The number of carbonyl (C=O) groups excluding carboxylic acids is 2. The molecule has 0 saturated heterocycles. The number of aryl methyl sites for hydroxylation is 2. The van der Waals surface area contributed by atoms with Crippen molar-refractivity contribution >= 4 is 29.1 Å². The zero-order valence-electron chi connectivity index (χ0n) is 10.6. The lowest BCUT2D eigenvalue weighted by molar-refractivity contribution is -0.139. The summed E-state index contributed by atoms with van der Waals surface area (Å²) in [6.07, 6.45) is -0.134. The molecule has 1 heterocycles. The number of aromatic nitrogens is 1. The molecular formula is C11H15N3O4S. The fraction of sp³-hybridized carbons (Fsp3) is 0.455. The molecule has 1 aromatic heterocycles. The van der Waals surface area contributed by atoms with Gasteiger partial charge in [-0.2, -0.15) is 0 Å². The van der Waals surface area contributed by atoms with Crippen molar-refractivity contribution in [2.75, 3.05) is 0 Å². The van der Waals surface area contributed by atoms with E-state index >= 15 is 0 Å². The Labute approximate surface area is 113 Å². The number of primary amides is 1. The Bertz CT molecular complexity index is 512. The summed E-state index contributed by atoms with van der Waals surface area (Å²) in [5, 5.41) is 12.1. The van der Waals surface area contributed by atoms with Crippen LogP contribution in [0.15, 0.2) is 0 Å². The number of nitrogens with zero attached hydrogens (tertiary/aromatic N) is 1. The number of nitrogens with one attached hydrogen (secondary N) is 1. The summed E-state index contributed by atoms with van der Waals surface area (Å²) < 4.78 is 0. The first kappa shape index (κ1) is 15.1. The molecule has 0 spiro atoms. The van der Waals surface area contributed by atoms with E-state index in [4.69, 9.17) is 10.8 Å². The van der Waals surface area contributed by atoms with E-state index in [0.29, 0.717) is 10.6 Å². The lowest BCUT2D eigenvalue weighted by Gasteiger charge is -2.13. The minimum absolute atomic E-state index is 0.0345. The Morgan fingerprint density at radius 1 is 1.42 bits per heavy atom. The highest BCUT2D eigenvalue weighted by atomic mass is 32.1. The molecular weight excluding hydrogens is 270 g/mol. The highest BCUT2D eigenvalue weighted by Gasteiger charge is 2.23. The standard InChI is InChI=1S/C11H15N3O4S/c1-5-9(19-6(2)13-5)10(16)14-7(11(17)18)3-4-8(12)15/h7H,3-4H2,1-2H3,(H2,12,15)(H,14,16)(H,17,18)/t7-/m1/s1. The predicted molar refractivity (Wildman–Crippen MR) is 68.9 cm³/mol. The van der Waals surface area contributed by atoms with Crippen LogP contribution in [0.4, 0.5) is 0 Å². The Morgan fingerprint density at radius 3 is 2.47 bits per heavy atom. The Morgan fingerprint density at radius 2 is 2.05 bits per heavy atom. The third-order valence-electron chi connectivity index (χ3n) is 2.39. The second kappa shape index (κ2) is 6.28. The number of rotatable bonds is 6. The van der Waals surface area contributed by atoms with Crippen LogP contribution in [-0.2, 0) is 9.59 Å². The molecule has 0 fully saturated rings. The Kier molecular flexibility index (Phi) is 4.99. The summed E-state index contributed by atoms with van der Waals surface area (Å²) in [7, 11) is 0. The summed E-state index contributed by atoms with van der Waals surface area (Å²) >= 11 is 1.19. The lowest BCUT2D eigenvalue weighted by Crippen LogP contribution is -2.41. The van der Waals surface area contributed by atoms with Crippen LogP contribution < -0.4 is 11.1 Å². The van der Waals surface area contributed by atoms with Crippen LogP contribution in [0.25, 0.3) is 0 Å². The number of aliphatic carboxylic acids is 1. The molecule has 0 saturated carbocycles. The number of thiazole rings is 1. The SMILES string of the molecule is Cc1nc(C)c(C(=O)N[C@H](CCC(N)=O)C(=O)O)s1. The molecule has 4 N–H and O–H groups in total. The van der Waals surface area contributed by atoms with Crippen LogP contribution in [0.3, 0.4) is 0 Å². The Balaban J connectivity index is 2.74. The van der Waals surface area contributed by atoms with Crippen molar-refractivity contribution in [1.29, 1.82) is 0 Å². The first-order valence-corrected chi connectivity index (χ1v) is 6.39. The third kappa shape index (κ3) is 4.32. The predicted octanol–water partition coefficient (Wildman–Crippen LogP) is 0.208. The van der Waals surface area contributed by atoms with Gasteiger partial charge in [0.2, 0.25) is 5.91 Å². The van der Waals surface area contributed by atoms with Crippen LogP contribution in [-0.4, -0.2) is 33.9 Å². The van der Waals surface area contributed by atoms with Gasteiger partial charge in [-0.15, -0.1) is 11.3 Å². The number of hydrogen-bond acceptors (Lipinski definition) is 5. The maximum absolute atomic E-state index is 11.9. The smallest absolute Gasteiger partial charge is 0.326 e. The van der Waals surface area contributed by atoms with Crippen molar-refractivity contribution < 1.29 is 19.5 Å². The molecule has 0 radical (unpaired) electrons. The van der Waals surface area contributed by atoms with Crippen molar-refractivity contribution in [2.45, 2.75) is 32.7 Å². The first-order valence-electron chi connectivity index (χ1n) is 5.57. The highest BCUT2D eigenvalue weighted by Crippen LogP contribution is 2.17. The zero-order chi connectivity index (χ0) is 14.6. The maximum Gasteiger partial charge on any atom is 0.326 e. The van der Waals surface area contributed by atoms with Gasteiger partial charge in [0.15, 0.2) is 0 Å². The van der Waals surface area contributed by atoms with Crippen molar-refractivity contribution in [2.24, 2.45) is 5.73 Å². The number of hydrogen-bond donors (Lipinski definition) is 3. The van der Waals surface area contributed by atoms with Gasteiger partial charge in [0.05, 0.1) is 10.7 Å². The molecule has 0 aliphatic carbocycles. The molecule has 1 aromatic rings. The van der Waals surface area contributed by atoms with E-state index in [2.05, 4.69) is 10.3 Å². The van der Waals surface area contributed by atoms with Gasteiger partial charge in [0, 0.05) is 6.42 Å². The van der Waals surface area contributed by atoms with Crippen LogP contribution in [0.2, 0.25) is 0 Å². The Hall–Kier alpha value is -1.96. The monoisotopic (exact) mass is 285 g/mol. The summed E-state index contributed by atoms with van der Waals surface area (Å²) in [5.74, 6) is -2.31. The average molecular weight is 285 g/mol. The van der Waals surface area contributed by atoms with E-state index in [0.717, 1.165) is 5.01 Å². The van der Waals surface area contributed by atoms with Crippen LogP contribution in [0.5, 0.6) is 0 Å². The third-order valence-corrected chi connectivity index (χ3v) is 3.46. The van der Waals surface area contributed by atoms with Crippen LogP contribution in [0, 0.1) is 13.8 Å². The molecule has 7 nitrogen and oxygen atoms in total. The number of nitrogens with two attached hydrogens (primary N) is 1. The van der Waals surface area contributed by atoms with E-state index in [1.54, 1.807) is 13.8 Å². The second-order valence-corrected chi connectivity index (χ2v) is 5.22. The molecule has 2 amide bonds. The average Bonchev–Trinajstić information content (AvgIpc) is 2.62. The topological polar surface area (TPSA) is 122 Å². The minimum atomic E-state index is -1.20. The van der Waals surface area contributed by atoms with E-state index in [-0.39, 0.29) is 12.8 Å². The molecule has 0 aromatic carbocycles. The summed E-state index contributed by atoms with van der Waals surface area (Å²) in [5.41, 5.74) is 5.51. The zero-order valence-corrected chi connectivity index (χ0v) is 11.4. The van der Waals surface area contributed by atoms with E-state index in [1.807, 2.05) is 0 Å². The summed E-state index contributed by atoms with van der Waals surface area (Å²) in [6.45, 7) is 3.44. The van der Waals surface area contributed by atoms with Gasteiger partial charge in [0.1, 0.15) is 10.9 Å². The van der Waals surface area contributed by atoms with Gasteiger partial charge < -0.3 is 16.2 Å². The van der Waals surface area contributed by atoms with E-state index < -0.39 is 23.8 Å². The molecule has 104 valence electrons. The van der Waals surface area contributed by atoms with Gasteiger partial charge in [-0.05, 0) is 20.3 Å². The van der Waals surface area contributed by atoms with E-state index in [1.165, 1.54) is 11.3 Å². The fourth-order valence-electron chi connectivity index (χ4n) is 1.51. The first-order chi connectivity index (χ1) is 8.81. The van der Waals surface area contributed by atoms with Gasteiger partial charge >= 0.3 is 5.97 Å². The number of carbonyl (C=O) groups is 3. The normalized spacial score (nSPS) is 11.9. The molecule has 19 heavy (non-hydrogen) atoms. The number of amides is 2. The number of carboxylic acid groups (broad SMARTS) is 1. The van der Waals surface area contributed by atoms with Crippen LogP contribution >= 0.6 is 11.3 Å². The van der Waals surface area contributed by atoms with Crippen molar-refractivity contribution in [3.63, 3.8) is 0 Å². The largest absolute Gasteiger partial charge is 0.480 e. The highest BCUT2D eigenvalue weighted by molar-refractivity contribution is 7.13. The van der Waals surface area contributed by atoms with Crippen molar-refractivity contribution in [3.05, 3.63) is 15.6 Å². The maximum atomic E-state index is 11.9. The van der Waals surface area contributed by atoms with Gasteiger partial charge in [-0.3, -0.25) is 9.59 Å². The number of carboxylic acids is 1. The molecule has 8 heteroatoms. The van der Waals surface area contributed by atoms with Crippen molar-refractivity contribution in [1.82, 2.24) is 10.3 Å². The second-order valence-electron chi connectivity index (χ2n) is 4.02. The molecule has 1 atom stereocenters. The minimum Gasteiger partial charge on any atom is -0.480 e. The quantitative estimate of drug-likeness (QED) is 0.689. The molecule has 0 aliphatic heterocycles. The molecule has 1 rings (SSSR count). The fourth-order valence-corrected chi connectivity index (χ4v) is 2.33. The van der Waals surface area contributed by atoms with Crippen molar-refractivity contribution in [3.8, 4) is 0 Å². The van der Waals surface area contributed by atoms with Gasteiger partial charge in [-0.1, -0.05) is 0 Å². The molecule has 0 unspecified atom stereocenters. The van der Waals surface area contributed by atoms with Gasteiger partial charge in [0.25, 0.3) is 5.91 Å². The lowest BCUT2D eigenvalue weighted by atomic mass is 10.1. The van der Waals surface area contributed by atoms with Gasteiger partial charge in [-0.25, -0.2) is 9.78 Å².